The maximum absolute atomic E-state index is 12.1. The zero-order valence-corrected chi connectivity index (χ0v) is 13.0. The number of anilines is 1. The SMILES string of the molecule is COc1cc(NC(=O)CN2CCC(C)CC2)cc(OC)c1. The van der Waals surface area contributed by atoms with E-state index >= 15 is 0 Å². The number of likely N-dealkylation sites (tertiary alicyclic amines) is 1. The molecule has 0 saturated carbocycles. The summed E-state index contributed by atoms with van der Waals surface area (Å²) in [5.41, 5.74) is 0.696. The van der Waals surface area contributed by atoms with Crippen LogP contribution in [0, 0.1) is 5.92 Å². The van der Waals surface area contributed by atoms with Gasteiger partial charge in [-0.3, -0.25) is 9.69 Å². The predicted octanol–water partition coefficient (Wildman–Crippen LogP) is 2.37. The van der Waals surface area contributed by atoms with Crippen molar-refractivity contribution < 1.29 is 14.3 Å². The lowest BCUT2D eigenvalue weighted by atomic mass is 9.99. The maximum atomic E-state index is 12.1. The Morgan fingerprint density at radius 1 is 1.19 bits per heavy atom. The highest BCUT2D eigenvalue weighted by molar-refractivity contribution is 5.92. The Morgan fingerprint density at radius 2 is 1.76 bits per heavy atom. The van der Waals surface area contributed by atoms with Gasteiger partial charge in [-0.2, -0.15) is 0 Å². The minimum atomic E-state index is -0.000130. The van der Waals surface area contributed by atoms with Crippen LogP contribution in [0.1, 0.15) is 19.8 Å². The molecule has 0 aliphatic carbocycles. The zero-order valence-electron chi connectivity index (χ0n) is 13.0. The van der Waals surface area contributed by atoms with E-state index in [1.165, 1.54) is 12.8 Å². The van der Waals surface area contributed by atoms with E-state index in [4.69, 9.17) is 9.47 Å². The summed E-state index contributed by atoms with van der Waals surface area (Å²) in [5, 5.41) is 2.91. The Labute approximate surface area is 126 Å². The van der Waals surface area contributed by atoms with Crippen molar-refractivity contribution in [2.75, 3.05) is 39.2 Å². The van der Waals surface area contributed by atoms with Crippen molar-refractivity contribution in [1.29, 1.82) is 0 Å². The van der Waals surface area contributed by atoms with Crippen LogP contribution in [-0.4, -0.2) is 44.7 Å². The van der Waals surface area contributed by atoms with Crippen molar-refractivity contribution in [1.82, 2.24) is 4.90 Å². The third kappa shape index (κ3) is 4.63. The van der Waals surface area contributed by atoms with Gasteiger partial charge in [-0.1, -0.05) is 6.92 Å². The lowest BCUT2D eigenvalue weighted by Crippen LogP contribution is -2.38. The van der Waals surface area contributed by atoms with E-state index in [-0.39, 0.29) is 5.91 Å². The van der Waals surface area contributed by atoms with Gasteiger partial charge in [-0.25, -0.2) is 0 Å². The average molecular weight is 292 g/mol. The molecule has 116 valence electrons. The summed E-state index contributed by atoms with van der Waals surface area (Å²) in [6.45, 7) is 4.69. The Kier molecular flexibility index (Phi) is 5.44. The van der Waals surface area contributed by atoms with Crippen LogP contribution in [-0.2, 0) is 4.79 Å². The standard InChI is InChI=1S/C16H24N2O3/c1-12-4-6-18(7-5-12)11-16(19)17-13-8-14(20-2)10-15(9-13)21-3/h8-10,12H,4-7,11H2,1-3H3,(H,17,19). The van der Waals surface area contributed by atoms with E-state index in [2.05, 4.69) is 17.1 Å². The summed E-state index contributed by atoms with van der Waals surface area (Å²) in [4.78, 5) is 14.3. The number of nitrogens with one attached hydrogen (secondary N) is 1. The monoisotopic (exact) mass is 292 g/mol. The van der Waals surface area contributed by atoms with Crippen molar-refractivity contribution in [3.05, 3.63) is 18.2 Å². The van der Waals surface area contributed by atoms with Gasteiger partial charge in [0.15, 0.2) is 0 Å². The van der Waals surface area contributed by atoms with Crippen LogP contribution >= 0.6 is 0 Å². The minimum absolute atomic E-state index is 0.000130. The lowest BCUT2D eigenvalue weighted by Gasteiger charge is -2.29. The molecule has 0 unspecified atom stereocenters. The molecule has 5 nitrogen and oxygen atoms in total. The number of amides is 1. The van der Waals surface area contributed by atoms with Crippen molar-refractivity contribution in [3.8, 4) is 11.5 Å². The number of hydrogen-bond acceptors (Lipinski definition) is 4. The third-order valence-corrected chi connectivity index (χ3v) is 3.88. The molecule has 1 N–H and O–H groups in total. The first-order valence-electron chi connectivity index (χ1n) is 7.36. The molecular weight excluding hydrogens is 268 g/mol. The quantitative estimate of drug-likeness (QED) is 0.905. The molecule has 2 rings (SSSR count). The van der Waals surface area contributed by atoms with Crippen LogP contribution in [0.25, 0.3) is 0 Å². The van der Waals surface area contributed by atoms with Crippen LogP contribution in [0.5, 0.6) is 11.5 Å². The smallest absolute Gasteiger partial charge is 0.238 e. The molecular formula is C16H24N2O3. The molecule has 1 saturated heterocycles. The van der Waals surface area contributed by atoms with Gasteiger partial charge < -0.3 is 14.8 Å². The summed E-state index contributed by atoms with van der Waals surface area (Å²) < 4.78 is 10.4. The number of piperidine rings is 1. The Morgan fingerprint density at radius 3 is 2.29 bits per heavy atom. The number of carbonyl (C=O) groups excluding carboxylic acids is 1. The number of methoxy groups -OCH3 is 2. The third-order valence-electron chi connectivity index (χ3n) is 3.88. The summed E-state index contributed by atoms with van der Waals surface area (Å²) in [6.07, 6.45) is 2.33. The first-order valence-corrected chi connectivity index (χ1v) is 7.36. The second kappa shape index (κ2) is 7.31. The summed E-state index contributed by atoms with van der Waals surface area (Å²) >= 11 is 0. The van der Waals surface area contributed by atoms with Gasteiger partial charge in [-0.15, -0.1) is 0 Å². The molecule has 1 aliphatic rings. The molecule has 0 atom stereocenters. The van der Waals surface area contributed by atoms with E-state index in [1.807, 2.05) is 0 Å². The van der Waals surface area contributed by atoms with Gasteiger partial charge in [0.1, 0.15) is 11.5 Å². The molecule has 1 fully saturated rings. The van der Waals surface area contributed by atoms with Crippen molar-refractivity contribution in [2.24, 2.45) is 5.92 Å². The molecule has 0 bridgehead atoms. The number of benzene rings is 1. The second-order valence-corrected chi connectivity index (χ2v) is 5.61. The average Bonchev–Trinajstić information content (AvgIpc) is 2.49. The number of nitrogens with zero attached hydrogens (tertiary/aromatic N) is 1. The van der Waals surface area contributed by atoms with Gasteiger partial charge in [0.05, 0.1) is 20.8 Å². The normalized spacial score (nSPS) is 16.5. The van der Waals surface area contributed by atoms with Gasteiger partial charge in [0.2, 0.25) is 5.91 Å². The number of rotatable bonds is 5. The van der Waals surface area contributed by atoms with E-state index in [9.17, 15) is 4.79 Å². The second-order valence-electron chi connectivity index (χ2n) is 5.61. The molecule has 1 aromatic carbocycles. The highest BCUT2D eigenvalue weighted by Gasteiger charge is 2.18. The fourth-order valence-electron chi connectivity index (χ4n) is 2.50. The maximum Gasteiger partial charge on any atom is 0.238 e. The van der Waals surface area contributed by atoms with Crippen molar-refractivity contribution >= 4 is 11.6 Å². The number of carbonyl (C=O) groups is 1. The van der Waals surface area contributed by atoms with E-state index in [1.54, 1.807) is 32.4 Å². The van der Waals surface area contributed by atoms with E-state index in [0.29, 0.717) is 23.7 Å². The minimum Gasteiger partial charge on any atom is -0.497 e. The molecule has 1 aromatic rings. The molecule has 1 aliphatic heterocycles. The van der Waals surface area contributed by atoms with Gasteiger partial charge in [0, 0.05) is 23.9 Å². The molecule has 0 spiro atoms. The first-order chi connectivity index (χ1) is 10.1. The summed E-state index contributed by atoms with van der Waals surface area (Å²) in [6, 6.07) is 5.36. The van der Waals surface area contributed by atoms with Crippen LogP contribution in [0.4, 0.5) is 5.69 Å². The van der Waals surface area contributed by atoms with Gasteiger partial charge >= 0.3 is 0 Å². The molecule has 1 heterocycles. The van der Waals surface area contributed by atoms with Gasteiger partial charge in [0.25, 0.3) is 0 Å². The highest BCUT2D eigenvalue weighted by Crippen LogP contribution is 2.25. The predicted molar refractivity (Wildman–Crippen MR) is 83.0 cm³/mol. The van der Waals surface area contributed by atoms with Crippen LogP contribution in [0.15, 0.2) is 18.2 Å². The molecule has 0 radical (unpaired) electrons. The molecule has 1 amide bonds. The topological polar surface area (TPSA) is 50.8 Å². The largest absolute Gasteiger partial charge is 0.497 e. The van der Waals surface area contributed by atoms with E-state index in [0.717, 1.165) is 19.0 Å². The molecule has 0 aromatic heterocycles. The highest BCUT2D eigenvalue weighted by atomic mass is 16.5. The first kappa shape index (κ1) is 15.6. The fourth-order valence-corrected chi connectivity index (χ4v) is 2.50. The summed E-state index contributed by atoms with van der Waals surface area (Å²) in [7, 11) is 3.19. The van der Waals surface area contributed by atoms with Gasteiger partial charge in [-0.05, 0) is 31.8 Å². The lowest BCUT2D eigenvalue weighted by molar-refractivity contribution is -0.117. The van der Waals surface area contributed by atoms with Crippen LogP contribution in [0.2, 0.25) is 0 Å². The van der Waals surface area contributed by atoms with Crippen molar-refractivity contribution in [2.45, 2.75) is 19.8 Å². The van der Waals surface area contributed by atoms with Crippen molar-refractivity contribution in [3.63, 3.8) is 0 Å². The Balaban J connectivity index is 1.93. The summed E-state index contributed by atoms with van der Waals surface area (Å²) in [5.74, 6) is 2.10. The number of ether oxygens (including phenoxy) is 2. The van der Waals surface area contributed by atoms with E-state index < -0.39 is 0 Å². The Bertz CT molecular complexity index is 460. The molecule has 21 heavy (non-hydrogen) atoms. The number of hydrogen-bond donors (Lipinski definition) is 1. The van der Waals surface area contributed by atoms with Crippen LogP contribution in [0.3, 0.4) is 0 Å². The van der Waals surface area contributed by atoms with Crippen LogP contribution < -0.4 is 14.8 Å². The molecule has 5 heteroatoms. The Hall–Kier alpha value is -1.75. The fraction of sp³-hybridized carbons (Fsp3) is 0.562. The zero-order chi connectivity index (χ0) is 15.2.